The molecule has 0 aliphatic rings. The van der Waals surface area contributed by atoms with Crippen LogP contribution in [-0.2, 0) is 0 Å². The molecule has 0 spiro atoms. The molecule has 5 heteroatoms. The lowest BCUT2D eigenvalue weighted by Crippen LogP contribution is -1.97. The van der Waals surface area contributed by atoms with Crippen molar-refractivity contribution in [3.8, 4) is 0 Å². The van der Waals surface area contributed by atoms with Crippen LogP contribution in [0.2, 0.25) is 10.0 Å². The van der Waals surface area contributed by atoms with Crippen molar-refractivity contribution < 1.29 is 4.92 Å². The standard InChI is InChI=1S/C14H9Cl2NO2/c15-12-6-10(7-13(16)9-12)8-14(17(18)19)11-4-2-1-3-5-11/h1-9H/b14-8+. The number of halogens is 2. The summed E-state index contributed by atoms with van der Waals surface area (Å²) in [4.78, 5) is 10.7. The van der Waals surface area contributed by atoms with Gasteiger partial charge < -0.3 is 0 Å². The van der Waals surface area contributed by atoms with Gasteiger partial charge in [-0.25, -0.2) is 0 Å². The molecule has 0 bridgehead atoms. The maximum atomic E-state index is 11.1. The van der Waals surface area contributed by atoms with Crippen molar-refractivity contribution in [1.29, 1.82) is 0 Å². The molecule has 0 unspecified atom stereocenters. The highest BCUT2D eigenvalue weighted by atomic mass is 35.5. The summed E-state index contributed by atoms with van der Waals surface area (Å²) in [6, 6.07) is 13.5. The van der Waals surface area contributed by atoms with Crippen LogP contribution in [0.4, 0.5) is 0 Å². The molecular weight excluding hydrogens is 285 g/mol. The molecule has 0 fully saturated rings. The monoisotopic (exact) mass is 293 g/mol. The molecule has 0 saturated heterocycles. The van der Waals surface area contributed by atoms with Gasteiger partial charge in [0.15, 0.2) is 0 Å². The number of nitrogens with zero attached hydrogens (tertiary/aromatic N) is 1. The average molecular weight is 294 g/mol. The minimum Gasteiger partial charge on any atom is -0.258 e. The van der Waals surface area contributed by atoms with Crippen molar-refractivity contribution >= 4 is 35.0 Å². The second-order valence-corrected chi connectivity index (χ2v) is 4.73. The lowest BCUT2D eigenvalue weighted by atomic mass is 10.1. The van der Waals surface area contributed by atoms with Gasteiger partial charge in [0.25, 0.3) is 5.70 Å². The van der Waals surface area contributed by atoms with E-state index in [0.29, 0.717) is 21.2 Å². The summed E-state index contributed by atoms with van der Waals surface area (Å²) in [5.41, 5.74) is 1.12. The minimum absolute atomic E-state index is 0.000988. The highest BCUT2D eigenvalue weighted by Gasteiger charge is 2.13. The van der Waals surface area contributed by atoms with E-state index in [9.17, 15) is 10.1 Å². The number of hydrogen-bond donors (Lipinski definition) is 0. The van der Waals surface area contributed by atoms with Gasteiger partial charge in [0.2, 0.25) is 0 Å². The summed E-state index contributed by atoms with van der Waals surface area (Å²) in [7, 11) is 0. The maximum absolute atomic E-state index is 11.1. The molecule has 0 N–H and O–H groups in total. The van der Waals surface area contributed by atoms with Gasteiger partial charge in [-0.3, -0.25) is 10.1 Å². The van der Waals surface area contributed by atoms with Gasteiger partial charge >= 0.3 is 0 Å². The summed E-state index contributed by atoms with van der Waals surface area (Å²) < 4.78 is 0. The molecule has 0 amide bonds. The van der Waals surface area contributed by atoms with E-state index in [-0.39, 0.29) is 5.70 Å². The molecule has 2 rings (SSSR count). The number of benzene rings is 2. The average Bonchev–Trinajstić information content (AvgIpc) is 2.35. The summed E-state index contributed by atoms with van der Waals surface area (Å²) in [5, 5.41) is 12.0. The van der Waals surface area contributed by atoms with E-state index < -0.39 is 4.92 Å². The first-order valence-electron chi connectivity index (χ1n) is 5.44. The summed E-state index contributed by atoms with van der Waals surface area (Å²) in [6.45, 7) is 0. The first-order valence-corrected chi connectivity index (χ1v) is 6.19. The molecule has 0 aliphatic heterocycles. The first-order chi connectivity index (χ1) is 9.06. The van der Waals surface area contributed by atoms with Crippen molar-refractivity contribution in [2.24, 2.45) is 0 Å². The van der Waals surface area contributed by atoms with Gasteiger partial charge in [0.1, 0.15) is 0 Å². The molecule has 19 heavy (non-hydrogen) atoms. The second kappa shape index (κ2) is 5.87. The molecular formula is C14H9Cl2NO2. The molecule has 2 aromatic rings. The quantitative estimate of drug-likeness (QED) is 0.465. The first kappa shape index (κ1) is 13.6. The van der Waals surface area contributed by atoms with E-state index in [0.717, 1.165) is 0 Å². The van der Waals surface area contributed by atoms with E-state index in [1.807, 2.05) is 0 Å². The lowest BCUT2D eigenvalue weighted by Gasteiger charge is -2.00. The van der Waals surface area contributed by atoms with Crippen molar-refractivity contribution in [3.05, 3.63) is 79.8 Å². The summed E-state index contributed by atoms with van der Waals surface area (Å²) in [5.74, 6) is 0. The van der Waals surface area contributed by atoms with Crippen LogP contribution in [0, 0.1) is 10.1 Å². The number of hydrogen-bond acceptors (Lipinski definition) is 2. The zero-order chi connectivity index (χ0) is 13.8. The van der Waals surface area contributed by atoms with Crippen LogP contribution in [-0.4, -0.2) is 4.92 Å². The van der Waals surface area contributed by atoms with E-state index >= 15 is 0 Å². The molecule has 0 aromatic heterocycles. The third kappa shape index (κ3) is 3.56. The van der Waals surface area contributed by atoms with Crippen molar-refractivity contribution in [1.82, 2.24) is 0 Å². The van der Waals surface area contributed by atoms with Crippen LogP contribution in [0.1, 0.15) is 11.1 Å². The van der Waals surface area contributed by atoms with Crippen molar-refractivity contribution in [2.45, 2.75) is 0 Å². The largest absolute Gasteiger partial charge is 0.277 e. The van der Waals surface area contributed by atoms with Crippen LogP contribution >= 0.6 is 23.2 Å². The molecule has 0 aliphatic carbocycles. The molecule has 0 saturated carbocycles. The van der Waals surface area contributed by atoms with E-state index in [2.05, 4.69) is 0 Å². The van der Waals surface area contributed by atoms with Gasteiger partial charge in [0, 0.05) is 16.1 Å². The molecule has 0 radical (unpaired) electrons. The zero-order valence-corrected chi connectivity index (χ0v) is 11.2. The zero-order valence-electron chi connectivity index (χ0n) is 9.72. The maximum Gasteiger partial charge on any atom is 0.277 e. The SMILES string of the molecule is O=[N+]([O-])/C(=C/c1cc(Cl)cc(Cl)c1)c1ccccc1. The third-order valence-electron chi connectivity index (χ3n) is 2.45. The fourth-order valence-corrected chi connectivity index (χ4v) is 2.21. The number of rotatable bonds is 3. The predicted molar refractivity (Wildman–Crippen MR) is 77.8 cm³/mol. The fourth-order valence-electron chi connectivity index (χ4n) is 1.67. The Morgan fingerprint density at radius 2 is 1.63 bits per heavy atom. The minimum atomic E-state index is -0.426. The predicted octanol–water partition coefficient (Wildman–Crippen LogP) is 4.77. The molecule has 3 nitrogen and oxygen atoms in total. The Balaban J connectivity index is 2.50. The Hall–Kier alpha value is -1.84. The third-order valence-corrected chi connectivity index (χ3v) is 2.89. The Bertz CT molecular complexity index is 619. The highest BCUT2D eigenvalue weighted by Crippen LogP contribution is 2.24. The smallest absolute Gasteiger partial charge is 0.258 e. The topological polar surface area (TPSA) is 43.1 Å². The van der Waals surface area contributed by atoms with E-state index in [4.69, 9.17) is 23.2 Å². The lowest BCUT2D eigenvalue weighted by molar-refractivity contribution is -0.374. The molecule has 96 valence electrons. The van der Waals surface area contributed by atoms with Crippen LogP contribution in [0.25, 0.3) is 11.8 Å². The Labute approximate surface area is 120 Å². The fraction of sp³-hybridized carbons (Fsp3) is 0. The molecule has 0 atom stereocenters. The highest BCUT2D eigenvalue weighted by molar-refractivity contribution is 6.34. The second-order valence-electron chi connectivity index (χ2n) is 3.86. The van der Waals surface area contributed by atoms with Gasteiger partial charge in [-0.2, -0.15) is 0 Å². The molecule has 0 heterocycles. The Morgan fingerprint density at radius 1 is 1.05 bits per heavy atom. The van der Waals surface area contributed by atoms with Gasteiger partial charge in [-0.05, 0) is 35.9 Å². The van der Waals surface area contributed by atoms with Crippen LogP contribution in [0.5, 0.6) is 0 Å². The van der Waals surface area contributed by atoms with Crippen LogP contribution in [0.3, 0.4) is 0 Å². The summed E-state index contributed by atoms with van der Waals surface area (Å²) >= 11 is 11.8. The van der Waals surface area contributed by atoms with Gasteiger partial charge in [-0.1, -0.05) is 41.4 Å². The molecule has 2 aromatic carbocycles. The van der Waals surface area contributed by atoms with E-state index in [1.165, 1.54) is 6.08 Å². The van der Waals surface area contributed by atoms with Gasteiger partial charge in [0.05, 0.1) is 10.5 Å². The van der Waals surface area contributed by atoms with Crippen LogP contribution < -0.4 is 0 Å². The Kier molecular flexibility index (Phi) is 4.20. The van der Waals surface area contributed by atoms with Crippen molar-refractivity contribution in [3.63, 3.8) is 0 Å². The van der Waals surface area contributed by atoms with Crippen molar-refractivity contribution in [2.75, 3.05) is 0 Å². The van der Waals surface area contributed by atoms with Crippen LogP contribution in [0.15, 0.2) is 48.5 Å². The number of nitro groups is 1. The van der Waals surface area contributed by atoms with E-state index in [1.54, 1.807) is 48.5 Å². The Morgan fingerprint density at radius 3 is 2.16 bits per heavy atom. The summed E-state index contributed by atoms with van der Waals surface area (Å²) in [6.07, 6.45) is 1.45. The normalized spacial score (nSPS) is 11.4. The van der Waals surface area contributed by atoms with Gasteiger partial charge in [-0.15, -0.1) is 0 Å².